The minimum Gasteiger partial charge on any atom is -0.340 e. The van der Waals surface area contributed by atoms with Gasteiger partial charge in [0.05, 0.1) is 6.20 Å². The summed E-state index contributed by atoms with van der Waals surface area (Å²) in [5, 5.41) is 2.94. The highest BCUT2D eigenvalue weighted by Crippen LogP contribution is 2.38. The first-order chi connectivity index (χ1) is 13.6. The minimum atomic E-state index is -0.636. The summed E-state index contributed by atoms with van der Waals surface area (Å²) in [6.45, 7) is 2.02. The fraction of sp³-hybridized carbons (Fsp3) is 0.429. The average Bonchev–Trinajstić information content (AvgIpc) is 3.26. The Hall–Kier alpha value is -2.28. The average molecular weight is 443 g/mol. The number of alkyl halides is 1. The SMILES string of the molecule is CCC1C(=O)Nc2cnc(C(Br)C(=O)c3ccccc3)nc2N1C1CCCC1. The van der Waals surface area contributed by atoms with Crippen LogP contribution in [0.15, 0.2) is 36.5 Å². The van der Waals surface area contributed by atoms with Crippen molar-refractivity contribution in [2.45, 2.75) is 55.9 Å². The Labute approximate surface area is 172 Å². The number of nitrogens with zero attached hydrogens (tertiary/aromatic N) is 3. The smallest absolute Gasteiger partial charge is 0.247 e. The van der Waals surface area contributed by atoms with E-state index in [9.17, 15) is 9.59 Å². The molecule has 1 aromatic heterocycles. The van der Waals surface area contributed by atoms with Crippen LogP contribution in [-0.4, -0.2) is 33.7 Å². The van der Waals surface area contributed by atoms with Gasteiger partial charge in [-0.1, -0.05) is 66.0 Å². The second kappa shape index (κ2) is 7.99. The van der Waals surface area contributed by atoms with Crippen molar-refractivity contribution in [1.82, 2.24) is 9.97 Å². The third kappa shape index (κ3) is 3.43. The lowest BCUT2D eigenvalue weighted by molar-refractivity contribution is -0.117. The molecule has 1 aliphatic carbocycles. The van der Waals surface area contributed by atoms with Crippen LogP contribution in [-0.2, 0) is 4.79 Å². The summed E-state index contributed by atoms with van der Waals surface area (Å²) in [4.78, 5) is 36.1. The first kappa shape index (κ1) is 19.1. The maximum atomic E-state index is 12.8. The predicted octanol–water partition coefficient (Wildman–Crippen LogP) is 4.28. The van der Waals surface area contributed by atoms with Gasteiger partial charge in [0.25, 0.3) is 0 Å². The zero-order chi connectivity index (χ0) is 19.7. The standard InChI is InChI=1S/C21H23BrN4O2/c1-2-16-21(28)24-15-12-23-19(17(22)18(27)13-8-4-3-5-9-13)25-20(15)26(16)14-10-6-7-11-14/h3-5,8-9,12,14,16-17H,2,6-7,10-11H2,1H3,(H,24,28). The molecule has 2 atom stereocenters. The van der Waals surface area contributed by atoms with Crippen LogP contribution < -0.4 is 10.2 Å². The Morgan fingerprint density at radius 2 is 2.00 bits per heavy atom. The van der Waals surface area contributed by atoms with Gasteiger partial charge in [-0.05, 0) is 19.3 Å². The Kier molecular flexibility index (Phi) is 5.44. The molecule has 7 heteroatoms. The molecule has 2 aromatic rings. The molecule has 28 heavy (non-hydrogen) atoms. The molecule has 0 saturated heterocycles. The second-order valence-corrected chi connectivity index (χ2v) is 8.23. The van der Waals surface area contributed by atoms with Crippen LogP contribution in [0.4, 0.5) is 11.5 Å². The van der Waals surface area contributed by atoms with Gasteiger partial charge >= 0.3 is 0 Å². The fourth-order valence-electron chi connectivity index (χ4n) is 4.14. The van der Waals surface area contributed by atoms with Crippen molar-refractivity contribution < 1.29 is 9.59 Å². The molecule has 0 radical (unpaired) electrons. The van der Waals surface area contributed by atoms with E-state index < -0.39 is 4.83 Å². The fourth-order valence-corrected chi connectivity index (χ4v) is 4.63. The molecular formula is C21H23BrN4O2. The van der Waals surface area contributed by atoms with E-state index in [0.29, 0.717) is 29.5 Å². The van der Waals surface area contributed by atoms with Crippen molar-refractivity contribution >= 4 is 39.1 Å². The van der Waals surface area contributed by atoms with Gasteiger partial charge in [0.1, 0.15) is 16.6 Å². The lowest BCUT2D eigenvalue weighted by Crippen LogP contribution is -2.52. The van der Waals surface area contributed by atoms with Crippen LogP contribution in [0.25, 0.3) is 0 Å². The molecule has 2 aliphatic rings. The van der Waals surface area contributed by atoms with E-state index in [-0.39, 0.29) is 17.7 Å². The van der Waals surface area contributed by atoms with E-state index in [1.165, 1.54) is 12.8 Å². The van der Waals surface area contributed by atoms with Crippen molar-refractivity contribution in [3.63, 3.8) is 0 Å². The van der Waals surface area contributed by atoms with Crippen molar-refractivity contribution in [2.75, 3.05) is 10.2 Å². The molecule has 1 saturated carbocycles. The molecule has 1 N–H and O–H groups in total. The number of amides is 1. The van der Waals surface area contributed by atoms with Crippen molar-refractivity contribution in [1.29, 1.82) is 0 Å². The van der Waals surface area contributed by atoms with E-state index in [4.69, 9.17) is 4.98 Å². The molecule has 1 aromatic carbocycles. The van der Waals surface area contributed by atoms with Gasteiger partial charge in [0, 0.05) is 11.6 Å². The highest BCUT2D eigenvalue weighted by Gasteiger charge is 2.39. The van der Waals surface area contributed by atoms with E-state index in [1.807, 2.05) is 25.1 Å². The van der Waals surface area contributed by atoms with Crippen molar-refractivity contribution in [2.24, 2.45) is 0 Å². The first-order valence-corrected chi connectivity index (χ1v) is 10.7. The summed E-state index contributed by atoms with van der Waals surface area (Å²) < 4.78 is 0. The van der Waals surface area contributed by atoms with Gasteiger partial charge in [0.15, 0.2) is 17.4 Å². The van der Waals surface area contributed by atoms with Crippen LogP contribution >= 0.6 is 15.9 Å². The second-order valence-electron chi connectivity index (χ2n) is 7.32. The Morgan fingerprint density at radius 3 is 2.68 bits per heavy atom. The van der Waals surface area contributed by atoms with Crippen LogP contribution in [0.5, 0.6) is 0 Å². The normalized spacial score (nSPS) is 20.6. The third-order valence-electron chi connectivity index (χ3n) is 5.55. The van der Waals surface area contributed by atoms with Crippen LogP contribution in [0, 0.1) is 0 Å². The number of hydrogen-bond acceptors (Lipinski definition) is 5. The summed E-state index contributed by atoms with van der Waals surface area (Å²) in [6, 6.07) is 9.18. The van der Waals surface area contributed by atoms with E-state index in [2.05, 4.69) is 31.1 Å². The molecule has 4 rings (SSSR count). The summed E-state index contributed by atoms with van der Waals surface area (Å²) in [7, 11) is 0. The zero-order valence-electron chi connectivity index (χ0n) is 15.8. The third-order valence-corrected chi connectivity index (χ3v) is 6.37. The summed E-state index contributed by atoms with van der Waals surface area (Å²) in [5.74, 6) is 1.06. The highest BCUT2D eigenvalue weighted by atomic mass is 79.9. The number of fused-ring (bicyclic) bond motifs is 1. The van der Waals surface area contributed by atoms with Gasteiger partial charge in [-0.2, -0.15) is 0 Å². The Morgan fingerprint density at radius 1 is 1.29 bits per heavy atom. The van der Waals surface area contributed by atoms with E-state index in [1.54, 1.807) is 18.3 Å². The molecule has 1 amide bonds. The van der Waals surface area contributed by atoms with E-state index >= 15 is 0 Å². The molecular weight excluding hydrogens is 420 g/mol. The first-order valence-electron chi connectivity index (χ1n) is 9.79. The molecule has 2 unspecified atom stereocenters. The summed E-state index contributed by atoms with van der Waals surface area (Å²) in [6.07, 6.45) is 6.78. The maximum absolute atomic E-state index is 12.8. The van der Waals surface area contributed by atoms with Crippen LogP contribution in [0.3, 0.4) is 0 Å². The van der Waals surface area contributed by atoms with Crippen LogP contribution in [0.1, 0.15) is 60.0 Å². The molecule has 0 spiro atoms. The van der Waals surface area contributed by atoms with Gasteiger partial charge in [0.2, 0.25) is 5.91 Å². The number of benzene rings is 1. The quantitative estimate of drug-likeness (QED) is 0.552. The monoisotopic (exact) mass is 442 g/mol. The number of carbonyl (C=O) groups is 2. The lowest BCUT2D eigenvalue weighted by atomic mass is 10.0. The molecule has 146 valence electrons. The van der Waals surface area contributed by atoms with Gasteiger partial charge < -0.3 is 10.2 Å². The number of nitrogens with one attached hydrogen (secondary N) is 1. The van der Waals surface area contributed by atoms with Crippen molar-refractivity contribution in [3.8, 4) is 0 Å². The van der Waals surface area contributed by atoms with Gasteiger partial charge in [-0.3, -0.25) is 9.59 Å². The molecule has 0 bridgehead atoms. The van der Waals surface area contributed by atoms with E-state index in [0.717, 1.165) is 18.7 Å². The number of ketones is 1. The maximum Gasteiger partial charge on any atom is 0.247 e. The minimum absolute atomic E-state index is 0.00555. The lowest BCUT2D eigenvalue weighted by Gasteiger charge is -2.40. The highest BCUT2D eigenvalue weighted by molar-refractivity contribution is 9.09. The molecule has 1 aliphatic heterocycles. The molecule has 6 nitrogen and oxygen atoms in total. The largest absolute Gasteiger partial charge is 0.340 e. The summed E-state index contributed by atoms with van der Waals surface area (Å²) in [5.41, 5.74) is 1.23. The number of rotatable bonds is 5. The Bertz CT molecular complexity index is 883. The number of halogens is 1. The molecule has 1 fully saturated rings. The number of aromatic nitrogens is 2. The summed E-state index contributed by atoms with van der Waals surface area (Å²) >= 11 is 3.48. The number of Topliss-reactive ketones (excluding diaryl/α,β-unsaturated/α-hetero) is 1. The number of hydrogen-bond donors (Lipinski definition) is 1. The number of anilines is 2. The van der Waals surface area contributed by atoms with Gasteiger partial charge in [-0.25, -0.2) is 9.97 Å². The Balaban J connectivity index is 1.70. The topological polar surface area (TPSA) is 75.2 Å². The predicted molar refractivity (Wildman–Crippen MR) is 112 cm³/mol. The van der Waals surface area contributed by atoms with Gasteiger partial charge in [-0.15, -0.1) is 0 Å². The zero-order valence-corrected chi connectivity index (χ0v) is 17.4. The molecule has 2 heterocycles. The van der Waals surface area contributed by atoms with Crippen molar-refractivity contribution in [3.05, 3.63) is 47.9 Å². The number of carbonyl (C=O) groups excluding carboxylic acids is 2. The van der Waals surface area contributed by atoms with Crippen LogP contribution in [0.2, 0.25) is 0 Å².